The maximum absolute atomic E-state index is 11.9. The van der Waals surface area contributed by atoms with Crippen molar-refractivity contribution in [2.45, 2.75) is 59.0 Å². The summed E-state index contributed by atoms with van der Waals surface area (Å²) in [5.74, 6) is 1.02. The van der Waals surface area contributed by atoms with Crippen molar-refractivity contribution in [1.29, 1.82) is 0 Å². The molecule has 0 saturated heterocycles. The Morgan fingerprint density at radius 1 is 1.14 bits per heavy atom. The first-order chi connectivity index (χ1) is 10.1. The predicted octanol–water partition coefficient (Wildman–Crippen LogP) is 3.92. The minimum atomic E-state index is -0.557. The van der Waals surface area contributed by atoms with Crippen LogP contribution in [0, 0.1) is 5.92 Å². The Hall–Kier alpha value is -1.51. The summed E-state index contributed by atoms with van der Waals surface area (Å²) < 4.78 is 11.0. The van der Waals surface area contributed by atoms with Crippen molar-refractivity contribution in [2.24, 2.45) is 5.92 Å². The van der Waals surface area contributed by atoms with Crippen LogP contribution in [0.5, 0.6) is 5.75 Å². The van der Waals surface area contributed by atoms with Gasteiger partial charge >= 0.3 is 5.97 Å². The Morgan fingerprint density at radius 2 is 1.86 bits per heavy atom. The van der Waals surface area contributed by atoms with Gasteiger partial charge in [0, 0.05) is 0 Å². The molecular weight excluding hydrogens is 264 g/mol. The molecular formula is C18H26O3. The summed E-state index contributed by atoms with van der Waals surface area (Å²) in [5, 5.41) is 0. The van der Waals surface area contributed by atoms with Gasteiger partial charge in [-0.15, -0.1) is 0 Å². The molecule has 1 aliphatic carbocycles. The van der Waals surface area contributed by atoms with E-state index in [1.165, 1.54) is 24.0 Å². The summed E-state index contributed by atoms with van der Waals surface area (Å²) in [6.45, 7) is 6.44. The van der Waals surface area contributed by atoms with Crippen molar-refractivity contribution >= 4 is 5.97 Å². The molecule has 0 fully saturated rings. The Kier molecular flexibility index (Phi) is 5.66. The molecule has 0 aliphatic heterocycles. The normalized spacial score (nSPS) is 15.4. The van der Waals surface area contributed by atoms with Gasteiger partial charge in [0.15, 0.2) is 6.10 Å². The Balaban J connectivity index is 1.87. The Morgan fingerprint density at radius 3 is 2.57 bits per heavy atom. The van der Waals surface area contributed by atoms with Crippen LogP contribution in [0.2, 0.25) is 0 Å². The van der Waals surface area contributed by atoms with E-state index in [1.807, 2.05) is 6.07 Å². The number of esters is 1. The van der Waals surface area contributed by atoms with Gasteiger partial charge in [-0.2, -0.15) is 0 Å². The predicted molar refractivity (Wildman–Crippen MR) is 83.6 cm³/mol. The molecule has 2 rings (SSSR count). The van der Waals surface area contributed by atoms with E-state index in [2.05, 4.69) is 26.0 Å². The second-order valence-corrected chi connectivity index (χ2v) is 6.25. The van der Waals surface area contributed by atoms with E-state index in [9.17, 15) is 4.79 Å². The van der Waals surface area contributed by atoms with Crippen LogP contribution in [-0.4, -0.2) is 18.7 Å². The lowest BCUT2D eigenvalue weighted by Gasteiger charge is -2.19. The molecule has 3 nitrogen and oxygen atoms in total. The Labute approximate surface area is 127 Å². The minimum Gasteiger partial charge on any atom is -0.479 e. The van der Waals surface area contributed by atoms with Gasteiger partial charge in [0.05, 0.1) is 6.61 Å². The minimum absolute atomic E-state index is 0.284. The molecule has 0 saturated carbocycles. The van der Waals surface area contributed by atoms with E-state index >= 15 is 0 Å². The summed E-state index contributed by atoms with van der Waals surface area (Å²) in [6.07, 6.45) is 5.10. The number of hydrogen-bond donors (Lipinski definition) is 0. The third kappa shape index (κ3) is 4.76. The van der Waals surface area contributed by atoms with Crippen LogP contribution in [0.15, 0.2) is 18.2 Å². The average Bonchev–Trinajstić information content (AvgIpc) is 2.46. The van der Waals surface area contributed by atoms with Gasteiger partial charge < -0.3 is 9.47 Å². The molecule has 1 aliphatic rings. The lowest BCUT2D eigenvalue weighted by atomic mass is 9.92. The van der Waals surface area contributed by atoms with E-state index in [0.717, 1.165) is 25.0 Å². The fourth-order valence-electron chi connectivity index (χ4n) is 2.55. The monoisotopic (exact) mass is 290 g/mol. The lowest BCUT2D eigenvalue weighted by molar-refractivity contribution is -0.151. The maximum Gasteiger partial charge on any atom is 0.347 e. The highest BCUT2D eigenvalue weighted by molar-refractivity contribution is 5.74. The van der Waals surface area contributed by atoms with Gasteiger partial charge in [0.25, 0.3) is 0 Å². The van der Waals surface area contributed by atoms with Crippen LogP contribution in [-0.2, 0) is 22.4 Å². The van der Waals surface area contributed by atoms with Crippen molar-refractivity contribution in [1.82, 2.24) is 0 Å². The third-order valence-corrected chi connectivity index (χ3v) is 3.90. The van der Waals surface area contributed by atoms with E-state index in [4.69, 9.17) is 9.47 Å². The second-order valence-electron chi connectivity index (χ2n) is 6.25. The number of fused-ring (bicyclic) bond motifs is 1. The number of carbonyl (C=O) groups is 1. The van der Waals surface area contributed by atoms with Crippen molar-refractivity contribution in [2.75, 3.05) is 6.61 Å². The molecule has 1 aromatic rings. The number of benzene rings is 1. The zero-order chi connectivity index (χ0) is 15.2. The molecule has 1 aromatic carbocycles. The van der Waals surface area contributed by atoms with Crippen LogP contribution in [0.25, 0.3) is 0 Å². The molecule has 0 radical (unpaired) electrons. The molecule has 1 unspecified atom stereocenters. The van der Waals surface area contributed by atoms with Gasteiger partial charge in [-0.3, -0.25) is 0 Å². The molecule has 1 atom stereocenters. The summed E-state index contributed by atoms with van der Waals surface area (Å²) in [4.78, 5) is 11.9. The largest absolute Gasteiger partial charge is 0.479 e. The zero-order valence-electron chi connectivity index (χ0n) is 13.4. The molecule has 0 bridgehead atoms. The van der Waals surface area contributed by atoms with E-state index < -0.39 is 6.10 Å². The smallest absolute Gasteiger partial charge is 0.347 e. The standard InChI is InChI=1S/C18H26O3/c1-13(2)10-11-20-18(19)14(3)21-17-9-8-15-6-4-5-7-16(15)12-17/h8-9,12-14H,4-7,10-11H2,1-3H3. The molecule has 116 valence electrons. The molecule has 0 aromatic heterocycles. The average molecular weight is 290 g/mol. The third-order valence-electron chi connectivity index (χ3n) is 3.90. The number of aryl methyl sites for hydroxylation is 2. The number of rotatable bonds is 6. The summed E-state index contributed by atoms with van der Waals surface area (Å²) in [7, 11) is 0. The highest BCUT2D eigenvalue weighted by Gasteiger charge is 2.17. The highest BCUT2D eigenvalue weighted by atomic mass is 16.6. The van der Waals surface area contributed by atoms with Gasteiger partial charge in [0.2, 0.25) is 0 Å². The van der Waals surface area contributed by atoms with Gasteiger partial charge in [-0.25, -0.2) is 4.79 Å². The fraction of sp³-hybridized carbons (Fsp3) is 0.611. The molecule has 0 N–H and O–H groups in total. The molecule has 3 heteroatoms. The van der Waals surface area contributed by atoms with Crippen molar-refractivity contribution in [3.63, 3.8) is 0 Å². The van der Waals surface area contributed by atoms with E-state index in [-0.39, 0.29) is 5.97 Å². The first kappa shape index (κ1) is 15.9. The number of hydrogen-bond acceptors (Lipinski definition) is 3. The molecule has 0 heterocycles. The SMILES string of the molecule is CC(C)CCOC(=O)C(C)Oc1ccc2c(c1)CCCC2. The summed E-state index contributed by atoms with van der Waals surface area (Å²) in [5.41, 5.74) is 2.78. The Bertz CT molecular complexity index is 479. The molecule has 21 heavy (non-hydrogen) atoms. The lowest BCUT2D eigenvalue weighted by Crippen LogP contribution is -2.26. The number of carbonyl (C=O) groups excluding carboxylic acids is 1. The van der Waals surface area contributed by atoms with Gasteiger partial charge in [-0.1, -0.05) is 19.9 Å². The van der Waals surface area contributed by atoms with Crippen LogP contribution in [0.1, 0.15) is 51.2 Å². The number of ether oxygens (including phenoxy) is 2. The van der Waals surface area contributed by atoms with Crippen LogP contribution >= 0.6 is 0 Å². The van der Waals surface area contributed by atoms with Crippen LogP contribution in [0.3, 0.4) is 0 Å². The van der Waals surface area contributed by atoms with E-state index in [0.29, 0.717) is 12.5 Å². The van der Waals surface area contributed by atoms with Gasteiger partial charge in [-0.05, 0) is 68.2 Å². The van der Waals surface area contributed by atoms with E-state index in [1.54, 1.807) is 6.92 Å². The van der Waals surface area contributed by atoms with Crippen LogP contribution < -0.4 is 4.74 Å². The highest BCUT2D eigenvalue weighted by Crippen LogP contribution is 2.25. The molecule has 0 amide bonds. The van der Waals surface area contributed by atoms with Crippen molar-refractivity contribution in [3.05, 3.63) is 29.3 Å². The molecule has 0 spiro atoms. The van der Waals surface area contributed by atoms with Crippen molar-refractivity contribution in [3.8, 4) is 5.75 Å². The van der Waals surface area contributed by atoms with Crippen LogP contribution in [0.4, 0.5) is 0 Å². The maximum atomic E-state index is 11.9. The van der Waals surface area contributed by atoms with Crippen molar-refractivity contribution < 1.29 is 14.3 Å². The van der Waals surface area contributed by atoms with Gasteiger partial charge in [0.1, 0.15) is 5.75 Å². The summed E-state index contributed by atoms with van der Waals surface area (Å²) >= 11 is 0. The topological polar surface area (TPSA) is 35.5 Å². The summed E-state index contributed by atoms with van der Waals surface area (Å²) in [6, 6.07) is 6.16. The zero-order valence-corrected chi connectivity index (χ0v) is 13.4. The first-order valence-corrected chi connectivity index (χ1v) is 8.01. The second kappa shape index (κ2) is 7.48. The fourth-order valence-corrected chi connectivity index (χ4v) is 2.55. The quantitative estimate of drug-likeness (QED) is 0.745. The first-order valence-electron chi connectivity index (χ1n) is 8.01.